The molecule has 1 heterocycles. The van der Waals surface area contributed by atoms with Gasteiger partial charge in [0.25, 0.3) is 0 Å². The highest BCUT2D eigenvalue weighted by atomic mass is 15.2. The molecule has 100 valence electrons. The van der Waals surface area contributed by atoms with E-state index in [0.717, 1.165) is 13.1 Å². The second-order valence-electron chi connectivity index (χ2n) is 5.33. The van der Waals surface area contributed by atoms with Gasteiger partial charge in [0.05, 0.1) is 0 Å². The Morgan fingerprint density at radius 2 is 2.11 bits per heavy atom. The predicted molar refractivity (Wildman–Crippen MR) is 75.4 cm³/mol. The van der Waals surface area contributed by atoms with Gasteiger partial charge in [-0.1, -0.05) is 13.3 Å². The van der Waals surface area contributed by atoms with E-state index in [2.05, 4.69) is 41.3 Å². The summed E-state index contributed by atoms with van der Waals surface area (Å²) in [5.74, 6) is 0. The van der Waals surface area contributed by atoms with E-state index in [-0.39, 0.29) is 0 Å². The summed E-state index contributed by atoms with van der Waals surface area (Å²) in [5, 5.41) is 3.69. The zero-order chi connectivity index (χ0) is 12.8. The number of rotatable bonds is 6. The topological polar surface area (TPSA) is 28.2 Å². The first-order valence-corrected chi connectivity index (χ1v) is 7.13. The maximum absolute atomic E-state index is 4.07. The Kier molecular flexibility index (Phi) is 5.14. The van der Waals surface area contributed by atoms with Gasteiger partial charge in [0.1, 0.15) is 0 Å². The summed E-state index contributed by atoms with van der Waals surface area (Å²) in [6.07, 6.45) is 8.98. The molecule has 0 amide bonds. The Labute approximate surface area is 111 Å². The maximum atomic E-state index is 4.07. The van der Waals surface area contributed by atoms with Crippen LogP contribution in [0.1, 0.15) is 38.2 Å². The molecule has 1 aliphatic rings. The van der Waals surface area contributed by atoms with E-state index in [4.69, 9.17) is 0 Å². The van der Waals surface area contributed by atoms with E-state index in [9.17, 15) is 0 Å². The lowest BCUT2D eigenvalue weighted by Gasteiger charge is -2.30. The number of hydrogen-bond donors (Lipinski definition) is 1. The second kappa shape index (κ2) is 6.86. The quantitative estimate of drug-likeness (QED) is 0.837. The number of aromatic nitrogens is 1. The molecule has 2 atom stereocenters. The summed E-state index contributed by atoms with van der Waals surface area (Å²) in [4.78, 5) is 6.57. The number of pyridine rings is 1. The Balaban J connectivity index is 1.89. The average molecular weight is 247 g/mol. The van der Waals surface area contributed by atoms with Crippen LogP contribution < -0.4 is 5.32 Å². The smallest absolute Gasteiger partial charge is 0.0271 e. The first-order valence-electron chi connectivity index (χ1n) is 7.13. The minimum absolute atomic E-state index is 0.678. The third-order valence-corrected chi connectivity index (χ3v) is 3.88. The normalized spacial score (nSPS) is 23.7. The minimum Gasteiger partial charge on any atom is -0.312 e. The van der Waals surface area contributed by atoms with Crippen molar-refractivity contribution in [1.82, 2.24) is 15.2 Å². The van der Waals surface area contributed by atoms with Gasteiger partial charge < -0.3 is 5.32 Å². The van der Waals surface area contributed by atoms with E-state index in [0.29, 0.717) is 12.1 Å². The van der Waals surface area contributed by atoms with Gasteiger partial charge in [0.15, 0.2) is 0 Å². The fourth-order valence-electron chi connectivity index (χ4n) is 2.93. The van der Waals surface area contributed by atoms with Crippen molar-refractivity contribution in [2.75, 3.05) is 13.6 Å². The monoisotopic (exact) mass is 247 g/mol. The van der Waals surface area contributed by atoms with Gasteiger partial charge in [-0.05, 0) is 50.6 Å². The van der Waals surface area contributed by atoms with Crippen LogP contribution in [-0.4, -0.2) is 35.6 Å². The molecule has 3 nitrogen and oxygen atoms in total. The van der Waals surface area contributed by atoms with Crippen LogP contribution in [0.3, 0.4) is 0 Å². The van der Waals surface area contributed by atoms with E-state index in [1.165, 1.54) is 31.2 Å². The van der Waals surface area contributed by atoms with Crippen molar-refractivity contribution in [3.05, 3.63) is 30.1 Å². The standard InChI is InChI=1S/C15H25N3/c1-3-9-17-14-5-4-6-15(14)18(2)12-13-7-10-16-11-8-13/h7-8,10-11,14-15,17H,3-6,9,12H2,1-2H3. The number of likely N-dealkylation sites (N-methyl/N-ethyl adjacent to an activating group) is 1. The molecular weight excluding hydrogens is 222 g/mol. The zero-order valence-corrected chi connectivity index (χ0v) is 11.6. The highest BCUT2D eigenvalue weighted by Gasteiger charge is 2.29. The lowest BCUT2D eigenvalue weighted by Crippen LogP contribution is -2.45. The summed E-state index contributed by atoms with van der Waals surface area (Å²) in [6.45, 7) is 4.40. The summed E-state index contributed by atoms with van der Waals surface area (Å²) in [6, 6.07) is 5.58. The fourth-order valence-corrected chi connectivity index (χ4v) is 2.93. The van der Waals surface area contributed by atoms with E-state index in [1.54, 1.807) is 0 Å². The van der Waals surface area contributed by atoms with Gasteiger partial charge in [0, 0.05) is 31.0 Å². The van der Waals surface area contributed by atoms with E-state index < -0.39 is 0 Å². The van der Waals surface area contributed by atoms with Gasteiger partial charge in [0.2, 0.25) is 0 Å². The molecule has 3 heteroatoms. The Hall–Kier alpha value is -0.930. The molecule has 1 saturated carbocycles. The molecule has 1 aromatic rings. The summed E-state index contributed by atoms with van der Waals surface area (Å²) >= 11 is 0. The van der Waals surface area contributed by atoms with Crippen LogP contribution >= 0.6 is 0 Å². The van der Waals surface area contributed by atoms with Crippen LogP contribution in [0.15, 0.2) is 24.5 Å². The first kappa shape index (κ1) is 13.5. The lowest BCUT2D eigenvalue weighted by molar-refractivity contribution is 0.204. The summed E-state index contributed by atoms with van der Waals surface area (Å²) < 4.78 is 0. The second-order valence-corrected chi connectivity index (χ2v) is 5.33. The molecule has 1 aliphatic carbocycles. The largest absolute Gasteiger partial charge is 0.312 e. The van der Waals surface area contributed by atoms with Crippen LogP contribution in [0.25, 0.3) is 0 Å². The van der Waals surface area contributed by atoms with Gasteiger partial charge in [-0.2, -0.15) is 0 Å². The summed E-state index contributed by atoms with van der Waals surface area (Å²) in [5.41, 5.74) is 1.36. The molecule has 0 aromatic carbocycles. The van der Waals surface area contributed by atoms with Crippen molar-refractivity contribution in [3.63, 3.8) is 0 Å². The molecule has 0 radical (unpaired) electrons. The molecule has 1 aromatic heterocycles. The number of hydrogen-bond acceptors (Lipinski definition) is 3. The Bertz CT molecular complexity index is 339. The Morgan fingerprint density at radius 3 is 2.83 bits per heavy atom. The summed E-state index contributed by atoms with van der Waals surface area (Å²) in [7, 11) is 2.25. The molecule has 0 saturated heterocycles. The van der Waals surface area contributed by atoms with Gasteiger partial charge in [-0.15, -0.1) is 0 Å². The molecule has 2 unspecified atom stereocenters. The molecule has 2 rings (SSSR count). The van der Waals surface area contributed by atoms with Crippen LogP contribution in [0.5, 0.6) is 0 Å². The van der Waals surface area contributed by atoms with E-state index >= 15 is 0 Å². The third-order valence-electron chi connectivity index (χ3n) is 3.88. The van der Waals surface area contributed by atoms with Crippen molar-refractivity contribution >= 4 is 0 Å². The van der Waals surface area contributed by atoms with Gasteiger partial charge in [-0.3, -0.25) is 9.88 Å². The maximum Gasteiger partial charge on any atom is 0.0271 e. The zero-order valence-electron chi connectivity index (χ0n) is 11.6. The van der Waals surface area contributed by atoms with E-state index in [1.807, 2.05) is 12.4 Å². The Morgan fingerprint density at radius 1 is 1.33 bits per heavy atom. The molecule has 18 heavy (non-hydrogen) atoms. The molecule has 1 N–H and O–H groups in total. The first-order chi connectivity index (χ1) is 8.81. The molecule has 0 spiro atoms. The van der Waals surface area contributed by atoms with Crippen molar-refractivity contribution in [2.45, 2.75) is 51.2 Å². The van der Waals surface area contributed by atoms with Crippen molar-refractivity contribution in [1.29, 1.82) is 0 Å². The van der Waals surface area contributed by atoms with Gasteiger partial charge in [-0.25, -0.2) is 0 Å². The molecule has 0 bridgehead atoms. The average Bonchev–Trinajstić information content (AvgIpc) is 2.86. The number of nitrogens with one attached hydrogen (secondary N) is 1. The predicted octanol–water partition coefficient (Wildman–Crippen LogP) is 2.43. The highest BCUT2D eigenvalue weighted by molar-refractivity contribution is 5.09. The minimum atomic E-state index is 0.678. The molecular formula is C15H25N3. The SMILES string of the molecule is CCCNC1CCCC1N(C)Cc1ccncc1. The van der Waals surface area contributed by atoms with Crippen LogP contribution in [0.4, 0.5) is 0 Å². The fraction of sp³-hybridized carbons (Fsp3) is 0.667. The van der Waals surface area contributed by atoms with Crippen molar-refractivity contribution < 1.29 is 0 Å². The number of nitrogens with zero attached hydrogens (tertiary/aromatic N) is 2. The van der Waals surface area contributed by atoms with Crippen molar-refractivity contribution in [3.8, 4) is 0 Å². The van der Waals surface area contributed by atoms with Crippen molar-refractivity contribution in [2.24, 2.45) is 0 Å². The highest BCUT2D eigenvalue weighted by Crippen LogP contribution is 2.24. The molecule has 0 aliphatic heterocycles. The molecule has 1 fully saturated rings. The van der Waals surface area contributed by atoms with Crippen LogP contribution in [-0.2, 0) is 6.54 Å². The third kappa shape index (κ3) is 3.53. The van der Waals surface area contributed by atoms with Gasteiger partial charge >= 0.3 is 0 Å². The van der Waals surface area contributed by atoms with Crippen LogP contribution in [0, 0.1) is 0 Å². The lowest BCUT2D eigenvalue weighted by atomic mass is 10.1. The van der Waals surface area contributed by atoms with Crippen LogP contribution in [0.2, 0.25) is 0 Å².